The highest BCUT2D eigenvalue weighted by Gasteiger charge is 2.24. The Labute approximate surface area is 107 Å². The molecule has 1 aliphatic heterocycles. The number of hydrogen-bond donors (Lipinski definition) is 2. The predicted molar refractivity (Wildman–Crippen MR) is 70.3 cm³/mol. The molecule has 0 aromatic heterocycles. The van der Waals surface area contributed by atoms with E-state index in [2.05, 4.69) is 36.6 Å². The van der Waals surface area contributed by atoms with Gasteiger partial charge in [0.25, 0.3) is 0 Å². The van der Waals surface area contributed by atoms with Crippen LogP contribution in [0.2, 0.25) is 0 Å². The summed E-state index contributed by atoms with van der Waals surface area (Å²) >= 11 is 0. The van der Waals surface area contributed by atoms with E-state index in [1.807, 2.05) is 12.1 Å². The maximum Gasteiger partial charge on any atom is 0.228 e. The molecule has 0 saturated heterocycles. The molecule has 1 aliphatic rings. The van der Waals surface area contributed by atoms with Crippen molar-refractivity contribution in [1.82, 2.24) is 5.32 Å². The van der Waals surface area contributed by atoms with Crippen molar-refractivity contribution in [2.24, 2.45) is 0 Å². The van der Waals surface area contributed by atoms with Gasteiger partial charge in [0.05, 0.1) is 19.0 Å². The van der Waals surface area contributed by atoms with Crippen molar-refractivity contribution >= 4 is 11.6 Å². The lowest BCUT2D eigenvalue weighted by molar-refractivity contribution is -0.115. The molecule has 1 heterocycles. The third-order valence-corrected chi connectivity index (χ3v) is 3.28. The average molecular weight is 243 g/mol. The first kappa shape index (κ1) is 12.6. The summed E-state index contributed by atoms with van der Waals surface area (Å²) in [5.74, 6) is 0.0579. The van der Waals surface area contributed by atoms with Gasteiger partial charge in [0.2, 0.25) is 5.91 Å². The lowest BCUT2D eigenvalue weighted by Gasteiger charge is -2.25. The van der Waals surface area contributed by atoms with Crippen molar-refractivity contribution in [3.05, 3.63) is 29.3 Å². The fourth-order valence-corrected chi connectivity index (χ4v) is 2.18. The zero-order chi connectivity index (χ0) is 13.2. The van der Waals surface area contributed by atoms with Crippen molar-refractivity contribution in [1.29, 1.82) is 5.26 Å². The summed E-state index contributed by atoms with van der Waals surface area (Å²) in [5, 5.41) is 14.5. The number of amides is 1. The number of benzene rings is 1. The van der Waals surface area contributed by atoms with Gasteiger partial charge in [-0.15, -0.1) is 0 Å². The fraction of sp³-hybridized carbons (Fsp3) is 0.429. The fourth-order valence-electron chi connectivity index (χ4n) is 2.18. The SMILES string of the molecule is CC(C)(CNCC#N)c1ccc2c(c1)CC(=O)N2. The first-order valence-corrected chi connectivity index (χ1v) is 6.04. The standard InChI is InChI=1S/C14H17N3O/c1-14(2,9-16-6-5-15)11-3-4-12-10(7-11)8-13(18)17-12/h3-4,7,16H,6,8-9H2,1-2H3,(H,17,18). The number of rotatable bonds is 4. The molecule has 0 fully saturated rings. The number of nitrogens with zero attached hydrogens (tertiary/aromatic N) is 1. The summed E-state index contributed by atoms with van der Waals surface area (Å²) in [5.41, 5.74) is 3.11. The summed E-state index contributed by atoms with van der Waals surface area (Å²) in [6, 6.07) is 8.16. The summed E-state index contributed by atoms with van der Waals surface area (Å²) in [7, 11) is 0. The molecule has 0 spiro atoms. The Morgan fingerprint density at radius 1 is 1.50 bits per heavy atom. The van der Waals surface area contributed by atoms with Crippen LogP contribution < -0.4 is 10.6 Å². The topological polar surface area (TPSA) is 64.9 Å². The number of nitrogens with one attached hydrogen (secondary N) is 2. The molecular weight excluding hydrogens is 226 g/mol. The van der Waals surface area contributed by atoms with Crippen LogP contribution in [-0.2, 0) is 16.6 Å². The number of hydrogen-bond acceptors (Lipinski definition) is 3. The molecule has 1 aromatic rings. The molecule has 1 aromatic carbocycles. The second-order valence-electron chi connectivity index (χ2n) is 5.24. The van der Waals surface area contributed by atoms with Crippen molar-refractivity contribution < 1.29 is 4.79 Å². The van der Waals surface area contributed by atoms with E-state index < -0.39 is 0 Å². The van der Waals surface area contributed by atoms with E-state index in [1.165, 1.54) is 5.56 Å². The molecule has 1 amide bonds. The van der Waals surface area contributed by atoms with Crippen LogP contribution in [0.5, 0.6) is 0 Å². The van der Waals surface area contributed by atoms with Gasteiger partial charge in [-0.3, -0.25) is 4.79 Å². The maximum absolute atomic E-state index is 11.3. The second-order valence-corrected chi connectivity index (χ2v) is 5.24. The molecule has 0 saturated carbocycles. The van der Waals surface area contributed by atoms with Gasteiger partial charge in [0, 0.05) is 17.6 Å². The van der Waals surface area contributed by atoms with Crippen LogP contribution in [0.1, 0.15) is 25.0 Å². The van der Waals surface area contributed by atoms with Gasteiger partial charge in [-0.1, -0.05) is 26.0 Å². The molecule has 18 heavy (non-hydrogen) atoms. The first-order valence-electron chi connectivity index (χ1n) is 6.04. The zero-order valence-corrected chi connectivity index (χ0v) is 10.7. The largest absolute Gasteiger partial charge is 0.326 e. The minimum absolute atomic E-state index is 0.0579. The third-order valence-electron chi connectivity index (χ3n) is 3.28. The van der Waals surface area contributed by atoms with Gasteiger partial charge >= 0.3 is 0 Å². The summed E-state index contributed by atoms with van der Waals surface area (Å²) in [6.45, 7) is 5.35. The van der Waals surface area contributed by atoms with Crippen LogP contribution in [0.25, 0.3) is 0 Å². The minimum atomic E-state index is -0.0580. The number of carbonyl (C=O) groups is 1. The molecule has 94 valence electrons. The molecular formula is C14H17N3O. The van der Waals surface area contributed by atoms with E-state index >= 15 is 0 Å². The molecule has 4 heteroatoms. The predicted octanol–water partition coefficient (Wildman–Crippen LogP) is 1.57. The van der Waals surface area contributed by atoms with Gasteiger partial charge in [-0.05, 0) is 17.2 Å². The van der Waals surface area contributed by atoms with Gasteiger partial charge in [0.15, 0.2) is 0 Å². The molecule has 0 bridgehead atoms. The van der Waals surface area contributed by atoms with Crippen molar-refractivity contribution in [3.63, 3.8) is 0 Å². The molecule has 0 aliphatic carbocycles. The van der Waals surface area contributed by atoms with Crippen LogP contribution in [0.15, 0.2) is 18.2 Å². The normalized spacial score (nSPS) is 13.9. The minimum Gasteiger partial charge on any atom is -0.326 e. The Hall–Kier alpha value is -1.86. The van der Waals surface area contributed by atoms with E-state index in [0.717, 1.165) is 17.8 Å². The monoisotopic (exact) mass is 243 g/mol. The van der Waals surface area contributed by atoms with Crippen LogP contribution in [0.4, 0.5) is 5.69 Å². The molecule has 0 unspecified atom stereocenters. The van der Waals surface area contributed by atoms with E-state index in [1.54, 1.807) is 0 Å². The Kier molecular flexibility index (Phi) is 3.35. The Balaban J connectivity index is 2.16. The van der Waals surface area contributed by atoms with Crippen LogP contribution >= 0.6 is 0 Å². The summed E-state index contributed by atoms with van der Waals surface area (Å²) in [6.07, 6.45) is 0.463. The molecule has 0 radical (unpaired) electrons. The number of nitriles is 1. The Morgan fingerprint density at radius 3 is 3.00 bits per heavy atom. The smallest absolute Gasteiger partial charge is 0.228 e. The van der Waals surface area contributed by atoms with Gasteiger partial charge in [-0.2, -0.15) is 5.26 Å². The van der Waals surface area contributed by atoms with Crippen molar-refractivity contribution in [3.8, 4) is 6.07 Å². The quantitative estimate of drug-likeness (QED) is 0.623. The van der Waals surface area contributed by atoms with Gasteiger partial charge in [-0.25, -0.2) is 0 Å². The van der Waals surface area contributed by atoms with Crippen LogP contribution in [-0.4, -0.2) is 19.0 Å². The molecule has 2 rings (SSSR count). The summed E-state index contributed by atoms with van der Waals surface area (Å²) in [4.78, 5) is 11.3. The van der Waals surface area contributed by atoms with E-state index in [0.29, 0.717) is 13.0 Å². The lowest BCUT2D eigenvalue weighted by Crippen LogP contribution is -2.33. The number of carbonyl (C=O) groups excluding carboxylic acids is 1. The highest BCUT2D eigenvalue weighted by atomic mass is 16.1. The zero-order valence-electron chi connectivity index (χ0n) is 10.7. The highest BCUT2D eigenvalue weighted by molar-refractivity contribution is 5.99. The van der Waals surface area contributed by atoms with Gasteiger partial charge < -0.3 is 10.6 Å². The number of anilines is 1. The average Bonchev–Trinajstić information content (AvgIpc) is 2.68. The maximum atomic E-state index is 11.3. The van der Waals surface area contributed by atoms with E-state index in [9.17, 15) is 4.79 Å². The van der Waals surface area contributed by atoms with Crippen molar-refractivity contribution in [2.75, 3.05) is 18.4 Å². The van der Waals surface area contributed by atoms with E-state index in [-0.39, 0.29) is 11.3 Å². The van der Waals surface area contributed by atoms with Crippen LogP contribution in [0, 0.1) is 11.3 Å². The Bertz CT molecular complexity index is 514. The van der Waals surface area contributed by atoms with Crippen molar-refractivity contribution in [2.45, 2.75) is 25.7 Å². The van der Waals surface area contributed by atoms with Crippen LogP contribution in [0.3, 0.4) is 0 Å². The number of fused-ring (bicyclic) bond motifs is 1. The third kappa shape index (κ3) is 2.52. The summed E-state index contributed by atoms with van der Waals surface area (Å²) < 4.78 is 0. The first-order chi connectivity index (χ1) is 8.53. The lowest BCUT2D eigenvalue weighted by atomic mass is 9.83. The molecule has 4 nitrogen and oxygen atoms in total. The highest BCUT2D eigenvalue weighted by Crippen LogP contribution is 2.29. The van der Waals surface area contributed by atoms with Gasteiger partial charge in [0.1, 0.15) is 0 Å². The Morgan fingerprint density at radius 2 is 2.28 bits per heavy atom. The second kappa shape index (κ2) is 4.79. The molecule has 2 N–H and O–H groups in total. The molecule has 0 atom stereocenters. The van der Waals surface area contributed by atoms with E-state index in [4.69, 9.17) is 5.26 Å².